The molecule has 2 amide bonds. The van der Waals surface area contributed by atoms with E-state index in [1.54, 1.807) is 17.0 Å². The monoisotopic (exact) mass is 359 g/mol. The molecule has 0 unspecified atom stereocenters. The lowest BCUT2D eigenvalue weighted by atomic mass is 9.86. The first kappa shape index (κ1) is 17.3. The zero-order valence-corrected chi connectivity index (χ0v) is 15.3. The number of nitriles is 1. The highest BCUT2D eigenvalue weighted by Gasteiger charge is 2.48. The molecule has 27 heavy (non-hydrogen) atoms. The van der Waals surface area contributed by atoms with Gasteiger partial charge in [0.05, 0.1) is 11.6 Å². The van der Waals surface area contributed by atoms with Gasteiger partial charge in [0.1, 0.15) is 0 Å². The summed E-state index contributed by atoms with van der Waals surface area (Å²) in [5.41, 5.74) is 2.94. The van der Waals surface area contributed by atoms with E-state index in [-0.39, 0.29) is 17.2 Å². The van der Waals surface area contributed by atoms with Crippen LogP contribution >= 0.6 is 0 Å². The quantitative estimate of drug-likeness (QED) is 0.827. The second kappa shape index (κ2) is 6.55. The molecule has 4 rings (SSSR count). The fraction of sp³-hybridized carbons (Fsp3) is 0.318. The Morgan fingerprint density at radius 2 is 1.85 bits per heavy atom. The molecule has 2 fully saturated rings. The Balaban J connectivity index is 1.51. The first-order valence-corrected chi connectivity index (χ1v) is 9.17. The molecule has 2 saturated heterocycles. The third-order valence-electron chi connectivity index (χ3n) is 5.73. The number of nitrogens with zero attached hydrogens (tertiary/aromatic N) is 3. The average molecular weight is 359 g/mol. The first-order valence-electron chi connectivity index (χ1n) is 9.17. The highest BCUT2D eigenvalue weighted by molar-refractivity contribution is 5.98. The Kier molecular flexibility index (Phi) is 4.19. The van der Waals surface area contributed by atoms with Gasteiger partial charge in [-0.05, 0) is 49.2 Å². The van der Waals surface area contributed by atoms with Gasteiger partial charge in [-0.15, -0.1) is 0 Å². The maximum absolute atomic E-state index is 12.9. The lowest BCUT2D eigenvalue weighted by Crippen LogP contribution is -2.34. The van der Waals surface area contributed by atoms with Gasteiger partial charge in [-0.25, -0.2) is 0 Å². The SMILES string of the molecule is Cc1ccccc1C(=O)N1CC[C@]2(CC(=O)N(c3ccc(C#N)cc3)C2)C1. The lowest BCUT2D eigenvalue weighted by Gasteiger charge is -2.24. The molecule has 0 bridgehead atoms. The molecule has 0 N–H and O–H groups in total. The molecule has 1 spiro atoms. The summed E-state index contributed by atoms with van der Waals surface area (Å²) < 4.78 is 0. The van der Waals surface area contributed by atoms with Crippen molar-refractivity contribution in [2.24, 2.45) is 5.41 Å². The van der Waals surface area contributed by atoms with Gasteiger partial charge in [-0.1, -0.05) is 18.2 Å². The molecule has 0 aliphatic carbocycles. The number of hydrogen-bond donors (Lipinski definition) is 0. The van der Waals surface area contributed by atoms with Crippen LogP contribution in [0.25, 0.3) is 0 Å². The molecule has 5 heteroatoms. The van der Waals surface area contributed by atoms with E-state index in [1.165, 1.54) is 0 Å². The van der Waals surface area contributed by atoms with Crippen LogP contribution in [-0.2, 0) is 4.79 Å². The second-order valence-electron chi connectivity index (χ2n) is 7.61. The van der Waals surface area contributed by atoms with Crippen molar-refractivity contribution in [1.29, 1.82) is 5.26 Å². The number of hydrogen-bond acceptors (Lipinski definition) is 3. The molecule has 1 atom stereocenters. The van der Waals surface area contributed by atoms with Crippen molar-refractivity contribution < 1.29 is 9.59 Å². The Bertz CT molecular complexity index is 945. The van der Waals surface area contributed by atoms with Gasteiger partial charge in [0, 0.05) is 42.7 Å². The summed E-state index contributed by atoms with van der Waals surface area (Å²) in [5.74, 6) is 0.138. The van der Waals surface area contributed by atoms with Gasteiger partial charge in [-0.3, -0.25) is 9.59 Å². The number of carbonyl (C=O) groups is 2. The number of aryl methyl sites for hydroxylation is 1. The van der Waals surface area contributed by atoms with E-state index < -0.39 is 0 Å². The molecule has 136 valence electrons. The Morgan fingerprint density at radius 3 is 2.56 bits per heavy atom. The largest absolute Gasteiger partial charge is 0.338 e. The van der Waals surface area contributed by atoms with Crippen LogP contribution in [0.2, 0.25) is 0 Å². The molecule has 2 heterocycles. The zero-order valence-electron chi connectivity index (χ0n) is 15.3. The smallest absolute Gasteiger partial charge is 0.254 e. The second-order valence-corrected chi connectivity index (χ2v) is 7.61. The number of likely N-dealkylation sites (tertiary alicyclic amines) is 1. The van der Waals surface area contributed by atoms with Crippen LogP contribution in [-0.4, -0.2) is 36.3 Å². The standard InChI is InChI=1S/C22H21N3O2/c1-16-4-2-3-5-19(16)21(27)24-11-10-22(14-24)12-20(26)25(15-22)18-8-6-17(13-23)7-9-18/h2-9H,10-12,14-15H2,1H3/t22-/m0/s1. The summed E-state index contributed by atoms with van der Waals surface area (Å²) in [6, 6.07) is 16.8. The van der Waals surface area contributed by atoms with Crippen molar-refractivity contribution in [1.82, 2.24) is 4.90 Å². The minimum atomic E-state index is -0.177. The maximum Gasteiger partial charge on any atom is 0.254 e. The molecule has 2 aromatic carbocycles. The van der Waals surface area contributed by atoms with Gasteiger partial charge >= 0.3 is 0 Å². The summed E-state index contributed by atoms with van der Waals surface area (Å²) in [5, 5.41) is 8.94. The van der Waals surface area contributed by atoms with Crippen molar-refractivity contribution >= 4 is 17.5 Å². The number of rotatable bonds is 2. The molecule has 5 nitrogen and oxygen atoms in total. The third-order valence-corrected chi connectivity index (χ3v) is 5.73. The van der Waals surface area contributed by atoms with Gasteiger partial charge in [0.15, 0.2) is 0 Å². The summed E-state index contributed by atoms with van der Waals surface area (Å²) in [6.07, 6.45) is 1.30. The highest BCUT2D eigenvalue weighted by Crippen LogP contribution is 2.42. The number of benzene rings is 2. The Labute approximate surface area is 158 Å². The molecule has 0 saturated carbocycles. The predicted octanol–water partition coefficient (Wildman–Crippen LogP) is 3.14. The van der Waals surface area contributed by atoms with Gasteiger partial charge in [0.2, 0.25) is 5.91 Å². The molecular weight excluding hydrogens is 338 g/mol. The number of carbonyl (C=O) groups excluding carboxylic acids is 2. The van der Waals surface area contributed by atoms with Crippen LogP contribution in [0.1, 0.15) is 34.3 Å². The van der Waals surface area contributed by atoms with Crippen molar-refractivity contribution in [3.05, 3.63) is 65.2 Å². The average Bonchev–Trinajstić information content (AvgIpc) is 3.24. The van der Waals surface area contributed by atoms with Gasteiger partial charge in [-0.2, -0.15) is 5.26 Å². The predicted molar refractivity (Wildman–Crippen MR) is 102 cm³/mol. The lowest BCUT2D eigenvalue weighted by molar-refractivity contribution is -0.117. The van der Waals surface area contributed by atoms with Crippen LogP contribution in [0.3, 0.4) is 0 Å². The summed E-state index contributed by atoms with van der Waals surface area (Å²) in [6.45, 7) is 3.86. The van der Waals surface area contributed by atoms with Crippen molar-refractivity contribution in [2.75, 3.05) is 24.5 Å². The fourth-order valence-electron chi connectivity index (χ4n) is 4.21. The van der Waals surface area contributed by atoms with Crippen LogP contribution in [0, 0.1) is 23.7 Å². The molecule has 2 aromatic rings. The Morgan fingerprint density at radius 1 is 1.11 bits per heavy atom. The minimum Gasteiger partial charge on any atom is -0.338 e. The van der Waals surface area contributed by atoms with Crippen LogP contribution in [0.5, 0.6) is 0 Å². The van der Waals surface area contributed by atoms with E-state index in [0.29, 0.717) is 31.6 Å². The maximum atomic E-state index is 12.9. The molecule has 0 radical (unpaired) electrons. The zero-order chi connectivity index (χ0) is 19.0. The van der Waals surface area contributed by atoms with Crippen molar-refractivity contribution in [3.8, 4) is 6.07 Å². The normalized spacial score (nSPS) is 21.7. The van der Waals surface area contributed by atoms with Crippen LogP contribution < -0.4 is 4.90 Å². The molecule has 0 aromatic heterocycles. The van der Waals surface area contributed by atoms with E-state index in [0.717, 1.165) is 23.2 Å². The summed E-state index contributed by atoms with van der Waals surface area (Å²) in [4.78, 5) is 29.2. The number of anilines is 1. The summed E-state index contributed by atoms with van der Waals surface area (Å²) >= 11 is 0. The third kappa shape index (κ3) is 3.08. The van der Waals surface area contributed by atoms with E-state index in [9.17, 15) is 9.59 Å². The fourth-order valence-corrected chi connectivity index (χ4v) is 4.21. The molecular formula is C22H21N3O2. The topological polar surface area (TPSA) is 64.4 Å². The number of amides is 2. The first-order chi connectivity index (χ1) is 13.0. The van der Waals surface area contributed by atoms with E-state index in [1.807, 2.05) is 48.2 Å². The van der Waals surface area contributed by atoms with Crippen molar-refractivity contribution in [3.63, 3.8) is 0 Å². The molecule has 2 aliphatic rings. The minimum absolute atomic E-state index is 0.0502. The highest BCUT2D eigenvalue weighted by atomic mass is 16.2. The van der Waals surface area contributed by atoms with E-state index in [4.69, 9.17) is 5.26 Å². The van der Waals surface area contributed by atoms with Crippen molar-refractivity contribution in [2.45, 2.75) is 19.8 Å². The van der Waals surface area contributed by atoms with Gasteiger partial charge < -0.3 is 9.80 Å². The Hall–Kier alpha value is -3.13. The van der Waals surface area contributed by atoms with E-state index >= 15 is 0 Å². The van der Waals surface area contributed by atoms with Crippen LogP contribution in [0.15, 0.2) is 48.5 Å². The molecule has 2 aliphatic heterocycles. The van der Waals surface area contributed by atoms with Crippen LogP contribution in [0.4, 0.5) is 5.69 Å². The summed E-state index contributed by atoms with van der Waals surface area (Å²) in [7, 11) is 0. The van der Waals surface area contributed by atoms with E-state index in [2.05, 4.69) is 6.07 Å². The van der Waals surface area contributed by atoms with Gasteiger partial charge in [0.25, 0.3) is 5.91 Å².